The van der Waals surface area contributed by atoms with Gasteiger partial charge in [-0.25, -0.2) is 4.98 Å². The fraction of sp³-hybridized carbons (Fsp3) is 0.455. The van der Waals surface area contributed by atoms with Crippen LogP contribution in [0, 0.1) is 6.92 Å². The van der Waals surface area contributed by atoms with Gasteiger partial charge in [0.15, 0.2) is 5.65 Å². The Morgan fingerprint density at radius 2 is 2.20 bits per heavy atom. The van der Waals surface area contributed by atoms with Crippen molar-refractivity contribution >= 4 is 11.5 Å². The summed E-state index contributed by atoms with van der Waals surface area (Å²) in [6.45, 7) is 4.31. The molecule has 0 spiro atoms. The monoisotopic (exact) mass is 202 g/mol. The van der Waals surface area contributed by atoms with Crippen molar-refractivity contribution in [3.05, 3.63) is 24.0 Å². The van der Waals surface area contributed by atoms with E-state index in [2.05, 4.69) is 35.3 Å². The van der Waals surface area contributed by atoms with E-state index in [1.807, 2.05) is 10.6 Å². The van der Waals surface area contributed by atoms with Crippen molar-refractivity contribution < 1.29 is 0 Å². The SMILES string of the molecule is Cc1cc(NC2(C)CC2)n2ncnc2c1. The normalized spacial score (nSPS) is 18.0. The molecule has 0 aromatic carbocycles. The Balaban J connectivity index is 2.11. The van der Waals surface area contributed by atoms with Crippen LogP contribution in [0.25, 0.3) is 5.65 Å². The van der Waals surface area contributed by atoms with Gasteiger partial charge in [-0.15, -0.1) is 0 Å². The minimum absolute atomic E-state index is 0.271. The van der Waals surface area contributed by atoms with Crippen LogP contribution in [-0.2, 0) is 0 Å². The van der Waals surface area contributed by atoms with E-state index in [9.17, 15) is 0 Å². The van der Waals surface area contributed by atoms with Gasteiger partial charge in [0.25, 0.3) is 0 Å². The lowest BCUT2D eigenvalue weighted by atomic mass is 10.2. The summed E-state index contributed by atoms with van der Waals surface area (Å²) in [7, 11) is 0. The fourth-order valence-electron chi connectivity index (χ4n) is 1.77. The third kappa shape index (κ3) is 1.46. The molecule has 0 bridgehead atoms. The van der Waals surface area contributed by atoms with Crippen molar-refractivity contribution in [3.8, 4) is 0 Å². The number of aromatic nitrogens is 3. The Morgan fingerprint density at radius 3 is 2.93 bits per heavy atom. The van der Waals surface area contributed by atoms with E-state index in [1.165, 1.54) is 18.4 Å². The van der Waals surface area contributed by atoms with Crippen LogP contribution in [-0.4, -0.2) is 20.1 Å². The van der Waals surface area contributed by atoms with Crippen LogP contribution < -0.4 is 5.32 Å². The van der Waals surface area contributed by atoms with Gasteiger partial charge in [0, 0.05) is 5.54 Å². The topological polar surface area (TPSA) is 42.2 Å². The number of anilines is 1. The Hall–Kier alpha value is -1.58. The quantitative estimate of drug-likeness (QED) is 0.810. The van der Waals surface area contributed by atoms with Crippen molar-refractivity contribution in [2.45, 2.75) is 32.2 Å². The molecule has 0 saturated heterocycles. The Kier molecular flexibility index (Phi) is 1.58. The number of pyridine rings is 1. The summed E-state index contributed by atoms with van der Waals surface area (Å²) in [4.78, 5) is 4.20. The molecule has 4 nitrogen and oxygen atoms in total. The standard InChI is InChI=1S/C11H14N4/c1-8-5-9-12-7-13-15(9)10(6-8)14-11(2)3-4-11/h5-7,14H,3-4H2,1-2H3. The molecule has 15 heavy (non-hydrogen) atoms. The smallest absolute Gasteiger partial charge is 0.157 e. The second kappa shape index (κ2) is 2.72. The first-order valence-corrected chi connectivity index (χ1v) is 5.25. The van der Waals surface area contributed by atoms with E-state index in [0.717, 1.165) is 11.5 Å². The van der Waals surface area contributed by atoms with Gasteiger partial charge >= 0.3 is 0 Å². The summed E-state index contributed by atoms with van der Waals surface area (Å²) < 4.78 is 1.86. The van der Waals surface area contributed by atoms with Crippen LogP contribution in [0.4, 0.5) is 5.82 Å². The van der Waals surface area contributed by atoms with Crippen molar-refractivity contribution in [3.63, 3.8) is 0 Å². The Bertz CT molecular complexity index is 510. The molecule has 4 heteroatoms. The number of nitrogens with one attached hydrogen (secondary N) is 1. The van der Waals surface area contributed by atoms with Crippen molar-refractivity contribution in [2.75, 3.05) is 5.32 Å². The molecule has 2 heterocycles. The van der Waals surface area contributed by atoms with Gasteiger partial charge in [-0.2, -0.15) is 9.61 Å². The average molecular weight is 202 g/mol. The molecule has 2 aromatic heterocycles. The van der Waals surface area contributed by atoms with Crippen LogP contribution in [0.1, 0.15) is 25.3 Å². The zero-order valence-electron chi connectivity index (χ0n) is 8.99. The molecule has 1 saturated carbocycles. The number of hydrogen-bond donors (Lipinski definition) is 1. The number of aryl methyl sites for hydroxylation is 1. The Morgan fingerprint density at radius 1 is 1.40 bits per heavy atom. The van der Waals surface area contributed by atoms with Gasteiger partial charge < -0.3 is 5.32 Å². The molecular formula is C11H14N4. The van der Waals surface area contributed by atoms with Gasteiger partial charge in [0.2, 0.25) is 0 Å². The third-order valence-electron chi connectivity index (χ3n) is 2.95. The first-order chi connectivity index (χ1) is 7.16. The lowest BCUT2D eigenvalue weighted by molar-refractivity contribution is 0.801. The predicted molar refractivity (Wildman–Crippen MR) is 59.0 cm³/mol. The number of rotatable bonds is 2. The van der Waals surface area contributed by atoms with Crippen LogP contribution in [0.15, 0.2) is 18.5 Å². The minimum atomic E-state index is 0.271. The minimum Gasteiger partial charge on any atom is -0.365 e. The predicted octanol–water partition coefficient (Wildman–Crippen LogP) is 2.00. The summed E-state index contributed by atoms with van der Waals surface area (Å²) >= 11 is 0. The number of hydrogen-bond acceptors (Lipinski definition) is 3. The molecule has 0 radical (unpaired) electrons. The Labute approximate surface area is 88.3 Å². The zero-order chi connectivity index (χ0) is 10.5. The van der Waals surface area contributed by atoms with E-state index >= 15 is 0 Å². The highest BCUT2D eigenvalue weighted by Crippen LogP contribution is 2.38. The van der Waals surface area contributed by atoms with Crippen LogP contribution in [0.2, 0.25) is 0 Å². The van der Waals surface area contributed by atoms with Crippen molar-refractivity contribution in [1.29, 1.82) is 0 Å². The molecule has 0 aliphatic heterocycles. The zero-order valence-corrected chi connectivity index (χ0v) is 8.99. The molecule has 0 amide bonds. The van der Waals surface area contributed by atoms with Gasteiger partial charge in [-0.05, 0) is 44.4 Å². The van der Waals surface area contributed by atoms with Crippen LogP contribution in [0.3, 0.4) is 0 Å². The highest BCUT2D eigenvalue weighted by atomic mass is 15.3. The average Bonchev–Trinajstić information content (AvgIpc) is 2.73. The summed E-state index contributed by atoms with van der Waals surface area (Å²) in [6.07, 6.45) is 4.06. The highest BCUT2D eigenvalue weighted by molar-refractivity contribution is 5.53. The van der Waals surface area contributed by atoms with Gasteiger partial charge in [0.05, 0.1) is 0 Å². The highest BCUT2D eigenvalue weighted by Gasteiger charge is 2.37. The van der Waals surface area contributed by atoms with E-state index in [1.54, 1.807) is 6.33 Å². The summed E-state index contributed by atoms with van der Waals surface area (Å²) in [5.41, 5.74) is 2.39. The van der Waals surface area contributed by atoms with Crippen LogP contribution >= 0.6 is 0 Å². The van der Waals surface area contributed by atoms with E-state index in [-0.39, 0.29) is 5.54 Å². The van der Waals surface area contributed by atoms with Gasteiger partial charge in [-0.3, -0.25) is 0 Å². The first kappa shape index (κ1) is 8.71. The second-order valence-electron chi connectivity index (χ2n) is 4.63. The van der Waals surface area contributed by atoms with Gasteiger partial charge in [-0.1, -0.05) is 0 Å². The van der Waals surface area contributed by atoms with E-state index in [4.69, 9.17) is 0 Å². The molecule has 1 aliphatic rings. The summed E-state index contributed by atoms with van der Waals surface area (Å²) in [5.74, 6) is 1.04. The number of fused-ring (bicyclic) bond motifs is 1. The molecule has 3 rings (SSSR count). The van der Waals surface area contributed by atoms with Crippen molar-refractivity contribution in [1.82, 2.24) is 14.6 Å². The first-order valence-electron chi connectivity index (χ1n) is 5.25. The summed E-state index contributed by atoms with van der Waals surface area (Å²) in [5, 5.41) is 7.74. The van der Waals surface area contributed by atoms with Crippen molar-refractivity contribution in [2.24, 2.45) is 0 Å². The van der Waals surface area contributed by atoms with E-state index < -0.39 is 0 Å². The lowest BCUT2D eigenvalue weighted by Crippen LogP contribution is -2.18. The molecule has 1 aliphatic carbocycles. The molecule has 78 valence electrons. The van der Waals surface area contributed by atoms with Crippen LogP contribution in [0.5, 0.6) is 0 Å². The summed E-state index contributed by atoms with van der Waals surface area (Å²) in [6, 6.07) is 4.15. The molecule has 1 N–H and O–H groups in total. The third-order valence-corrected chi connectivity index (χ3v) is 2.95. The largest absolute Gasteiger partial charge is 0.365 e. The maximum Gasteiger partial charge on any atom is 0.157 e. The van der Waals surface area contributed by atoms with Gasteiger partial charge in [0.1, 0.15) is 12.1 Å². The number of nitrogens with zero attached hydrogens (tertiary/aromatic N) is 3. The molecular weight excluding hydrogens is 188 g/mol. The lowest BCUT2D eigenvalue weighted by Gasteiger charge is -2.14. The molecule has 1 fully saturated rings. The maximum absolute atomic E-state index is 4.21. The molecule has 0 unspecified atom stereocenters. The second-order valence-corrected chi connectivity index (χ2v) is 4.63. The van der Waals surface area contributed by atoms with E-state index in [0.29, 0.717) is 0 Å². The molecule has 0 atom stereocenters. The maximum atomic E-state index is 4.21. The fourth-order valence-corrected chi connectivity index (χ4v) is 1.77. The molecule has 2 aromatic rings.